The normalized spacial score (nSPS) is 15.3. The van der Waals surface area contributed by atoms with Gasteiger partial charge in [0.05, 0.1) is 18.6 Å². The summed E-state index contributed by atoms with van der Waals surface area (Å²) in [5, 5.41) is 34.7. The van der Waals surface area contributed by atoms with Crippen LogP contribution in [0.2, 0.25) is 0 Å². The van der Waals surface area contributed by atoms with Gasteiger partial charge in [-0.05, 0) is 12.5 Å². The fourth-order valence-corrected chi connectivity index (χ4v) is 2.89. The molecule has 1 rings (SSSR count). The minimum Gasteiger partial charge on any atom is -0.481 e. The number of rotatable bonds is 13. The highest BCUT2D eigenvalue weighted by Gasteiger charge is 2.32. The molecular weight excluding hydrogens is 456 g/mol. The molecule has 0 radical (unpaired) electrons. The SMILES string of the molecule is CC(O)C(NC(=O)C(Cc1ccccc1)NC(=O)C(CC(=O)O)NC(=O)C(N)CS)C(=O)O. The van der Waals surface area contributed by atoms with Gasteiger partial charge < -0.3 is 37.0 Å². The molecule has 5 unspecified atom stereocenters. The van der Waals surface area contributed by atoms with Crippen LogP contribution < -0.4 is 21.7 Å². The van der Waals surface area contributed by atoms with Gasteiger partial charge in [0.1, 0.15) is 12.1 Å². The van der Waals surface area contributed by atoms with Crippen molar-refractivity contribution >= 4 is 42.3 Å². The summed E-state index contributed by atoms with van der Waals surface area (Å²) in [7, 11) is 0. The summed E-state index contributed by atoms with van der Waals surface area (Å²) >= 11 is 3.88. The van der Waals surface area contributed by atoms with Crippen LogP contribution in [0.1, 0.15) is 18.9 Å². The van der Waals surface area contributed by atoms with E-state index in [0.717, 1.165) is 0 Å². The van der Waals surface area contributed by atoms with E-state index in [-0.39, 0.29) is 12.2 Å². The van der Waals surface area contributed by atoms with Crippen molar-refractivity contribution in [2.45, 2.75) is 50.0 Å². The smallest absolute Gasteiger partial charge is 0.328 e. The first-order valence-corrected chi connectivity index (χ1v) is 10.5. The number of nitrogens with one attached hydrogen (secondary N) is 3. The van der Waals surface area contributed by atoms with Crippen LogP contribution in [-0.4, -0.2) is 81.0 Å². The highest BCUT2D eigenvalue weighted by molar-refractivity contribution is 7.80. The van der Waals surface area contributed by atoms with Crippen molar-refractivity contribution in [3.63, 3.8) is 0 Å². The first-order valence-electron chi connectivity index (χ1n) is 9.90. The Balaban J connectivity index is 3.12. The fraction of sp³-hybridized carbons (Fsp3) is 0.450. The van der Waals surface area contributed by atoms with Crippen LogP contribution in [0.5, 0.6) is 0 Å². The number of aliphatic carboxylic acids is 2. The zero-order valence-corrected chi connectivity index (χ0v) is 18.7. The van der Waals surface area contributed by atoms with E-state index < -0.39 is 66.4 Å². The molecule has 0 saturated heterocycles. The van der Waals surface area contributed by atoms with Crippen molar-refractivity contribution < 1.29 is 39.3 Å². The standard InChI is InChI=1S/C20H28N4O8S/c1-10(25)16(20(31)32)24-19(30)13(7-11-5-3-2-4-6-11)23-18(29)14(8-15(26)27)22-17(28)12(21)9-33/h2-6,10,12-14,16,25,33H,7-9,21H2,1H3,(H,22,28)(H,23,29)(H,24,30)(H,26,27)(H,31,32). The second kappa shape index (κ2) is 13.4. The Morgan fingerprint density at radius 3 is 1.97 bits per heavy atom. The topological polar surface area (TPSA) is 208 Å². The van der Waals surface area contributed by atoms with Crippen molar-refractivity contribution in [1.29, 1.82) is 0 Å². The lowest BCUT2D eigenvalue weighted by atomic mass is 10.0. The first kappa shape index (κ1) is 27.9. The molecule has 0 bridgehead atoms. The number of aliphatic hydroxyl groups excluding tert-OH is 1. The number of aliphatic hydroxyl groups is 1. The summed E-state index contributed by atoms with van der Waals surface area (Å²) in [6.45, 7) is 1.17. The molecule has 12 nitrogen and oxygen atoms in total. The van der Waals surface area contributed by atoms with Gasteiger partial charge >= 0.3 is 11.9 Å². The summed E-state index contributed by atoms with van der Waals surface area (Å²) in [6, 6.07) is 2.80. The predicted octanol–water partition coefficient (Wildman–Crippen LogP) is -2.12. The Morgan fingerprint density at radius 1 is 0.939 bits per heavy atom. The number of carbonyl (C=O) groups is 5. The zero-order chi connectivity index (χ0) is 25.1. The van der Waals surface area contributed by atoms with E-state index in [4.69, 9.17) is 10.8 Å². The van der Waals surface area contributed by atoms with Gasteiger partial charge in [-0.1, -0.05) is 30.3 Å². The summed E-state index contributed by atoms with van der Waals surface area (Å²) in [5.74, 6) is -5.65. The Labute approximate surface area is 195 Å². The lowest BCUT2D eigenvalue weighted by molar-refractivity contribution is -0.145. The summed E-state index contributed by atoms with van der Waals surface area (Å²) in [5.41, 5.74) is 6.16. The quantitative estimate of drug-likeness (QED) is 0.144. The van der Waals surface area contributed by atoms with Gasteiger partial charge in [0, 0.05) is 12.2 Å². The number of carboxylic acids is 2. The molecular formula is C20H28N4O8S. The Hall–Kier alpha value is -3.16. The van der Waals surface area contributed by atoms with Gasteiger partial charge in [-0.15, -0.1) is 0 Å². The van der Waals surface area contributed by atoms with E-state index in [0.29, 0.717) is 5.56 Å². The molecule has 1 aromatic carbocycles. The Morgan fingerprint density at radius 2 is 1.48 bits per heavy atom. The molecule has 0 saturated carbocycles. The summed E-state index contributed by atoms with van der Waals surface area (Å²) in [4.78, 5) is 60.1. The second-order valence-corrected chi connectivity index (χ2v) is 7.63. The monoisotopic (exact) mass is 484 g/mol. The summed E-state index contributed by atoms with van der Waals surface area (Å²) in [6.07, 6.45) is -2.29. The Kier molecular flexibility index (Phi) is 11.3. The van der Waals surface area contributed by atoms with E-state index >= 15 is 0 Å². The van der Waals surface area contributed by atoms with Gasteiger partial charge in [-0.2, -0.15) is 12.6 Å². The molecule has 182 valence electrons. The molecule has 0 aliphatic rings. The summed E-state index contributed by atoms with van der Waals surface area (Å²) < 4.78 is 0. The van der Waals surface area contributed by atoms with Crippen LogP contribution >= 0.6 is 12.6 Å². The molecule has 8 N–H and O–H groups in total. The molecule has 0 fully saturated rings. The average molecular weight is 485 g/mol. The van der Waals surface area contributed by atoms with Gasteiger partial charge in [0.15, 0.2) is 6.04 Å². The lowest BCUT2D eigenvalue weighted by Gasteiger charge is -2.25. The van der Waals surface area contributed by atoms with Crippen LogP contribution in [0.15, 0.2) is 30.3 Å². The Bertz CT molecular complexity index is 852. The average Bonchev–Trinajstić information content (AvgIpc) is 2.75. The molecule has 5 atom stereocenters. The van der Waals surface area contributed by atoms with Gasteiger partial charge in [-0.25, -0.2) is 4.79 Å². The minimum absolute atomic E-state index is 0.0534. The third-order valence-electron chi connectivity index (χ3n) is 4.51. The highest BCUT2D eigenvalue weighted by atomic mass is 32.1. The maximum atomic E-state index is 12.8. The molecule has 33 heavy (non-hydrogen) atoms. The van der Waals surface area contributed by atoms with Crippen molar-refractivity contribution in [3.8, 4) is 0 Å². The number of carboxylic acid groups (broad SMARTS) is 2. The minimum atomic E-state index is -1.64. The van der Waals surface area contributed by atoms with Crippen LogP contribution in [0, 0.1) is 0 Å². The van der Waals surface area contributed by atoms with Crippen molar-refractivity contribution in [1.82, 2.24) is 16.0 Å². The first-order chi connectivity index (χ1) is 15.5. The maximum absolute atomic E-state index is 12.8. The third-order valence-corrected chi connectivity index (χ3v) is 4.90. The third kappa shape index (κ3) is 9.47. The van der Waals surface area contributed by atoms with Gasteiger partial charge in [0.25, 0.3) is 0 Å². The number of benzene rings is 1. The molecule has 13 heteroatoms. The van der Waals surface area contributed by atoms with Crippen LogP contribution in [0.25, 0.3) is 0 Å². The van der Waals surface area contributed by atoms with E-state index in [2.05, 4.69) is 28.6 Å². The van der Waals surface area contributed by atoms with E-state index in [1.807, 2.05) is 0 Å². The lowest BCUT2D eigenvalue weighted by Crippen LogP contribution is -2.59. The van der Waals surface area contributed by atoms with Gasteiger partial charge in [0.2, 0.25) is 17.7 Å². The number of hydrogen-bond acceptors (Lipinski definition) is 8. The second-order valence-electron chi connectivity index (χ2n) is 7.26. The predicted molar refractivity (Wildman–Crippen MR) is 119 cm³/mol. The molecule has 0 aromatic heterocycles. The molecule has 3 amide bonds. The van der Waals surface area contributed by atoms with E-state index in [9.17, 15) is 34.2 Å². The van der Waals surface area contributed by atoms with E-state index in [1.54, 1.807) is 30.3 Å². The molecule has 1 aromatic rings. The van der Waals surface area contributed by atoms with E-state index in [1.165, 1.54) is 6.92 Å². The number of carbonyl (C=O) groups excluding carboxylic acids is 3. The van der Waals surface area contributed by atoms with Crippen LogP contribution in [0.4, 0.5) is 0 Å². The number of hydrogen-bond donors (Lipinski definition) is 8. The van der Waals surface area contributed by atoms with Crippen LogP contribution in [-0.2, 0) is 30.4 Å². The van der Waals surface area contributed by atoms with Crippen molar-refractivity contribution in [3.05, 3.63) is 35.9 Å². The van der Waals surface area contributed by atoms with Crippen molar-refractivity contribution in [2.75, 3.05) is 5.75 Å². The van der Waals surface area contributed by atoms with Crippen molar-refractivity contribution in [2.24, 2.45) is 5.73 Å². The number of nitrogens with two attached hydrogens (primary N) is 1. The number of thiol groups is 1. The number of amides is 3. The molecule has 0 spiro atoms. The highest BCUT2D eigenvalue weighted by Crippen LogP contribution is 2.06. The fourth-order valence-electron chi connectivity index (χ4n) is 2.72. The molecule has 0 aliphatic heterocycles. The molecule has 0 aliphatic carbocycles. The largest absolute Gasteiger partial charge is 0.481 e. The molecule has 0 heterocycles. The maximum Gasteiger partial charge on any atom is 0.328 e. The zero-order valence-electron chi connectivity index (χ0n) is 17.8. The van der Waals surface area contributed by atoms with Crippen LogP contribution in [0.3, 0.4) is 0 Å². The van der Waals surface area contributed by atoms with Gasteiger partial charge in [-0.3, -0.25) is 19.2 Å².